The highest BCUT2D eigenvalue weighted by molar-refractivity contribution is 7.22. The average Bonchev–Trinajstić information content (AvgIpc) is 3.71. The minimum atomic E-state index is -4.66. The molecule has 2 heterocycles. The number of fused-ring (bicyclic) bond motifs is 1. The van der Waals surface area contributed by atoms with E-state index >= 15 is 0 Å². The second-order valence-corrected chi connectivity index (χ2v) is 10.8. The predicted molar refractivity (Wildman–Crippen MR) is 142 cm³/mol. The molecule has 2 aromatic heterocycles. The zero-order valence-electron chi connectivity index (χ0n) is 21.3. The van der Waals surface area contributed by atoms with Crippen molar-refractivity contribution in [1.29, 1.82) is 0 Å². The van der Waals surface area contributed by atoms with Crippen LogP contribution in [0.2, 0.25) is 0 Å². The van der Waals surface area contributed by atoms with Crippen molar-refractivity contribution < 1.29 is 36.6 Å². The van der Waals surface area contributed by atoms with Gasteiger partial charge in [-0.15, -0.1) is 0 Å². The third-order valence-corrected chi connectivity index (χ3v) is 7.54. The molecule has 0 bridgehead atoms. The van der Waals surface area contributed by atoms with E-state index in [2.05, 4.69) is 15.3 Å². The number of pyridine rings is 1. The molecule has 1 atom stereocenters. The van der Waals surface area contributed by atoms with Crippen molar-refractivity contribution in [2.24, 2.45) is 11.7 Å². The van der Waals surface area contributed by atoms with E-state index in [-0.39, 0.29) is 63.5 Å². The van der Waals surface area contributed by atoms with E-state index in [1.165, 1.54) is 24.3 Å². The van der Waals surface area contributed by atoms with E-state index in [0.717, 1.165) is 29.5 Å². The van der Waals surface area contributed by atoms with Crippen molar-refractivity contribution in [2.45, 2.75) is 31.2 Å². The van der Waals surface area contributed by atoms with E-state index in [4.69, 9.17) is 16.2 Å². The summed E-state index contributed by atoms with van der Waals surface area (Å²) < 4.78 is 72.7. The van der Waals surface area contributed by atoms with Gasteiger partial charge in [-0.25, -0.2) is 18.7 Å². The molecule has 41 heavy (non-hydrogen) atoms. The number of nitrogens with two attached hydrogens (primary N) is 2. The summed E-state index contributed by atoms with van der Waals surface area (Å²) in [4.78, 5) is 21.4. The van der Waals surface area contributed by atoms with Crippen molar-refractivity contribution in [3.05, 3.63) is 70.9 Å². The predicted octanol–water partition coefficient (Wildman–Crippen LogP) is 4.65. The third kappa shape index (κ3) is 6.09. The molecular weight excluding hydrogens is 569 g/mol. The van der Waals surface area contributed by atoms with Gasteiger partial charge in [0.2, 0.25) is 0 Å². The minimum absolute atomic E-state index is 0.0182. The van der Waals surface area contributed by atoms with E-state index in [0.29, 0.717) is 17.5 Å². The molecule has 0 radical (unpaired) electrons. The highest BCUT2D eigenvalue weighted by atomic mass is 32.1. The molecular formula is C27H24F5N5O3S. The smallest absolute Gasteiger partial charge is 0.422 e. The highest BCUT2D eigenvalue weighted by Gasteiger charge is 2.47. The van der Waals surface area contributed by atoms with Gasteiger partial charge in [0.05, 0.1) is 16.9 Å². The third-order valence-electron chi connectivity index (χ3n) is 6.71. The first-order valence-corrected chi connectivity index (χ1v) is 13.3. The number of alkyl halides is 3. The molecule has 2 aromatic carbocycles. The van der Waals surface area contributed by atoms with Crippen LogP contribution in [0.4, 0.5) is 27.1 Å². The number of thiazole rings is 1. The van der Waals surface area contributed by atoms with Gasteiger partial charge in [0.1, 0.15) is 22.6 Å². The number of rotatable bonds is 9. The molecule has 14 heteroatoms. The summed E-state index contributed by atoms with van der Waals surface area (Å²) in [5.41, 5.74) is 10.1. The van der Waals surface area contributed by atoms with Crippen LogP contribution in [0, 0.1) is 17.6 Å². The monoisotopic (exact) mass is 593 g/mol. The van der Waals surface area contributed by atoms with Crippen LogP contribution in [0.1, 0.15) is 34.5 Å². The number of benzene rings is 2. The van der Waals surface area contributed by atoms with Crippen LogP contribution >= 0.6 is 11.3 Å². The van der Waals surface area contributed by atoms with Crippen LogP contribution in [0.5, 0.6) is 5.75 Å². The zero-order valence-corrected chi connectivity index (χ0v) is 22.1. The Kier molecular flexibility index (Phi) is 7.57. The Morgan fingerprint density at radius 3 is 2.46 bits per heavy atom. The molecule has 0 spiro atoms. The lowest BCUT2D eigenvalue weighted by atomic mass is 9.90. The number of ether oxygens (including phenoxy) is 1. The molecule has 0 unspecified atom stereocenters. The Hall–Kier alpha value is -3.88. The SMILES string of the molecule is NCc1cc([C@@](O)(CNC(=O)c2cc(F)c3nc(N)sc3c2)C2CC2)nc(-c2ccc(F)cc2)c1OCC(F)(F)F. The van der Waals surface area contributed by atoms with Crippen LogP contribution in [0.15, 0.2) is 42.5 Å². The summed E-state index contributed by atoms with van der Waals surface area (Å²) in [7, 11) is 0. The number of carbonyl (C=O) groups is 1. The van der Waals surface area contributed by atoms with Crippen LogP contribution in [-0.2, 0) is 12.1 Å². The molecule has 0 aliphatic heterocycles. The molecule has 6 N–H and O–H groups in total. The van der Waals surface area contributed by atoms with Crippen LogP contribution in [-0.4, -0.2) is 40.3 Å². The first-order chi connectivity index (χ1) is 19.4. The van der Waals surface area contributed by atoms with Gasteiger partial charge in [-0.1, -0.05) is 11.3 Å². The van der Waals surface area contributed by atoms with Gasteiger partial charge in [0, 0.05) is 23.2 Å². The summed E-state index contributed by atoms with van der Waals surface area (Å²) in [6, 6.07) is 8.64. The van der Waals surface area contributed by atoms with Crippen molar-refractivity contribution in [3.8, 4) is 17.0 Å². The fraction of sp³-hybridized carbons (Fsp3) is 0.296. The van der Waals surface area contributed by atoms with E-state index in [1.54, 1.807) is 0 Å². The summed E-state index contributed by atoms with van der Waals surface area (Å²) in [5.74, 6) is -2.58. The summed E-state index contributed by atoms with van der Waals surface area (Å²) in [5, 5.41) is 14.6. The van der Waals surface area contributed by atoms with E-state index < -0.39 is 35.9 Å². The molecule has 1 amide bonds. The fourth-order valence-electron chi connectivity index (χ4n) is 4.54. The Labute approximate surface area is 234 Å². The number of halogens is 5. The lowest BCUT2D eigenvalue weighted by Crippen LogP contribution is -2.43. The maximum Gasteiger partial charge on any atom is 0.422 e. The summed E-state index contributed by atoms with van der Waals surface area (Å²) >= 11 is 1.01. The maximum absolute atomic E-state index is 14.5. The van der Waals surface area contributed by atoms with Crippen molar-refractivity contribution >= 4 is 32.6 Å². The molecule has 4 aromatic rings. The first-order valence-electron chi connectivity index (χ1n) is 12.4. The van der Waals surface area contributed by atoms with Gasteiger partial charge in [-0.3, -0.25) is 4.79 Å². The lowest BCUT2D eigenvalue weighted by molar-refractivity contribution is -0.153. The average molecular weight is 594 g/mol. The highest BCUT2D eigenvalue weighted by Crippen LogP contribution is 2.47. The van der Waals surface area contributed by atoms with Gasteiger partial charge >= 0.3 is 6.18 Å². The number of aromatic nitrogens is 2. The Morgan fingerprint density at radius 1 is 1.12 bits per heavy atom. The van der Waals surface area contributed by atoms with Crippen molar-refractivity contribution in [1.82, 2.24) is 15.3 Å². The van der Waals surface area contributed by atoms with E-state index in [9.17, 15) is 31.9 Å². The number of hydrogen-bond donors (Lipinski definition) is 4. The molecule has 1 fully saturated rings. The second-order valence-electron chi connectivity index (χ2n) is 9.70. The Bertz CT molecular complexity index is 1610. The summed E-state index contributed by atoms with van der Waals surface area (Å²) in [6.07, 6.45) is -3.48. The second kappa shape index (κ2) is 10.8. The largest absolute Gasteiger partial charge is 0.481 e. The van der Waals surface area contributed by atoms with Gasteiger partial charge in [0.25, 0.3) is 5.91 Å². The van der Waals surface area contributed by atoms with Crippen molar-refractivity contribution in [2.75, 3.05) is 18.9 Å². The topological polar surface area (TPSA) is 136 Å². The molecule has 216 valence electrons. The fourth-order valence-corrected chi connectivity index (χ4v) is 5.32. The number of aliphatic hydroxyl groups is 1. The number of carbonyl (C=O) groups excluding carboxylic acids is 1. The molecule has 1 aliphatic rings. The van der Waals surface area contributed by atoms with Gasteiger partial charge < -0.3 is 26.6 Å². The zero-order chi connectivity index (χ0) is 29.5. The number of nitrogens with zero attached hydrogens (tertiary/aromatic N) is 2. The molecule has 8 nitrogen and oxygen atoms in total. The standard InChI is InChI=1S/C27H24F5N5O3S/c28-17-5-1-13(2-6-17)21-23(40-12-27(30,31)32)15(10-33)9-20(36-21)26(39,16-3-4-16)11-35-24(38)14-7-18(29)22-19(8-14)41-25(34)37-22/h1-2,5-9,16,39H,3-4,10-12,33H2,(H2,34,37)(H,35,38)/t26-/m1/s1. The number of nitrogens with one attached hydrogen (secondary N) is 1. The molecule has 5 rings (SSSR count). The number of amides is 1. The van der Waals surface area contributed by atoms with E-state index in [1.807, 2.05) is 0 Å². The molecule has 0 saturated heterocycles. The lowest BCUT2D eigenvalue weighted by Gasteiger charge is -2.30. The van der Waals surface area contributed by atoms with Crippen LogP contribution < -0.4 is 21.5 Å². The first kappa shape index (κ1) is 28.6. The Balaban J connectivity index is 1.51. The van der Waals surface area contributed by atoms with Gasteiger partial charge in [0.15, 0.2) is 23.3 Å². The molecule has 1 saturated carbocycles. The van der Waals surface area contributed by atoms with Crippen LogP contribution in [0.3, 0.4) is 0 Å². The molecule has 1 aliphatic carbocycles. The van der Waals surface area contributed by atoms with Crippen molar-refractivity contribution in [3.63, 3.8) is 0 Å². The number of anilines is 1. The number of hydrogen-bond acceptors (Lipinski definition) is 8. The normalized spacial score (nSPS) is 15.1. The quantitative estimate of drug-likeness (QED) is 0.208. The Morgan fingerprint density at radius 2 is 1.83 bits per heavy atom. The van der Waals surface area contributed by atoms with Crippen LogP contribution in [0.25, 0.3) is 21.5 Å². The minimum Gasteiger partial charge on any atom is -0.481 e. The maximum atomic E-state index is 14.5. The van der Waals surface area contributed by atoms with Gasteiger partial charge in [-0.2, -0.15) is 13.2 Å². The van der Waals surface area contributed by atoms with Gasteiger partial charge in [-0.05, 0) is 61.2 Å². The summed E-state index contributed by atoms with van der Waals surface area (Å²) in [6.45, 7) is -2.23. The number of nitrogen functional groups attached to an aromatic ring is 1.